The Balaban J connectivity index is 1.30. The zero-order chi connectivity index (χ0) is 34.5. The number of aromatic nitrogens is 2. The molecule has 254 valence electrons. The van der Waals surface area contributed by atoms with Crippen LogP contribution in [-0.2, 0) is 11.2 Å². The van der Waals surface area contributed by atoms with E-state index in [1.807, 2.05) is 36.4 Å². The molecule has 0 saturated carbocycles. The molecule has 11 heteroatoms. The largest absolute Gasteiger partial charge is 0.497 e. The van der Waals surface area contributed by atoms with Crippen LogP contribution in [0.5, 0.6) is 28.7 Å². The molecule has 6 rings (SSSR count). The number of benzene rings is 4. The van der Waals surface area contributed by atoms with Gasteiger partial charge < -0.3 is 39.2 Å². The monoisotopic (exact) mass is 663 g/mol. The third-order valence-corrected chi connectivity index (χ3v) is 9.04. The molecule has 49 heavy (non-hydrogen) atoms. The molecule has 4 aromatic carbocycles. The van der Waals surface area contributed by atoms with Crippen molar-refractivity contribution in [2.75, 3.05) is 70.7 Å². The van der Waals surface area contributed by atoms with Crippen molar-refractivity contribution in [2.24, 2.45) is 0 Å². The highest BCUT2D eigenvalue weighted by Gasteiger charge is 2.30. The molecule has 1 unspecified atom stereocenters. The Hall–Kier alpha value is -5.71. The average Bonchev–Trinajstić information content (AvgIpc) is 3.33. The van der Waals surface area contributed by atoms with Crippen molar-refractivity contribution in [1.29, 1.82) is 0 Å². The molecule has 0 fully saturated rings. The summed E-state index contributed by atoms with van der Waals surface area (Å²) < 4.78 is 27.7. The van der Waals surface area contributed by atoms with Gasteiger partial charge in [-0.2, -0.15) is 0 Å². The van der Waals surface area contributed by atoms with Crippen LogP contribution in [0.3, 0.4) is 0 Å². The van der Waals surface area contributed by atoms with E-state index in [-0.39, 0.29) is 18.4 Å². The number of fused-ring (bicyclic) bond motifs is 2. The molecule has 0 spiro atoms. The molecular weight excluding hydrogens is 622 g/mol. The molecule has 0 aliphatic carbocycles. The second-order valence-corrected chi connectivity index (χ2v) is 11.7. The summed E-state index contributed by atoms with van der Waals surface area (Å²) in [7, 11) is 8.18. The van der Waals surface area contributed by atoms with Crippen LogP contribution in [-0.4, -0.2) is 71.1 Å². The highest BCUT2D eigenvalue weighted by molar-refractivity contribution is 5.98. The van der Waals surface area contributed by atoms with Crippen LogP contribution in [0, 0.1) is 6.92 Å². The Labute approximate surface area is 286 Å². The summed E-state index contributed by atoms with van der Waals surface area (Å²) in [4.78, 5) is 24.7. The van der Waals surface area contributed by atoms with E-state index in [0.717, 1.165) is 51.5 Å². The van der Waals surface area contributed by atoms with Crippen molar-refractivity contribution in [1.82, 2.24) is 9.97 Å². The van der Waals surface area contributed by atoms with Crippen molar-refractivity contribution in [3.63, 3.8) is 0 Å². The predicted molar refractivity (Wildman–Crippen MR) is 191 cm³/mol. The minimum atomic E-state index is -0.198. The van der Waals surface area contributed by atoms with Gasteiger partial charge in [0.2, 0.25) is 5.91 Å². The van der Waals surface area contributed by atoms with Crippen LogP contribution in [0.2, 0.25) is 0 Å². The lowest BCUT2D eigenvalue weighted by atomic mass is 9.85. The minimum absolute atomic E-state index is 0.00235. The number of hydrogen-bond acceptors (Lipinski definition) is 10. The van der Waals surface area contributed by atoms with Crippen LogP contribution in [0.15, 0.2) is 73.1 Å². The second kappa shape index (κ2) is 14.6. The number of carbonyl (C=O) groups is 1. The number of nitrogens with one attached hydrogen (secondary N) is 2. The van der Waals surface area contributed by atoms with E-state index < -0.39 is 0 Å². The number of ether oxygens (including phenoxy) is 5. The smallest absolute Gasteiger partial charge is 0.243 e. The quantitative estimate of drug-likeness (QED) is 0.169. The first-order chi connectivity index (χ1) is 23.9. The van der Waals surface area contributed by atoms with Gasteiger partial charge in [-0.05, 0) is 84.1 Å². The van der Waals surface area contributed by atoms with E-state index in [9.17, 15) is 4.79 Å². The van der Waals surface area contributed by atoms with Crippen molar-refractivity contribution in [3.05, 3.63) is 95.3 Å². The Morgan fingerprint density at radius 1 is 0.816 bits per heavy atom. The third-order valence-electron chi connectivity index (χ3n) is 9.04. The summed E-state index contributed by atoms with van der Waals surface area (Å²) in [5.41, 5.74) is 6.81. The van der Waals surface area contributed by atoms with Gasteiger partial charge in [-0.25, -0.2) is 9.97 Å². The fourth-order valence-electron chi connectivity index (χ4n) is 6.56. The van der Waals surface area contributed by atoms with Crippen LogP contribution in [0.25, 0.3) is 10.9 Å². The lowest BCUT2D eigenvalue weighted by Crippen LogP contribution is -2.29. The van der Waals surface area contributed by atoms with Crippen molar-refractivity contribution in [2.45, 2.75) is 19.3 Å². The predicted octanol–water partition coefficient (Wildman–Crippen LogP) is 6.23. The minimum Gasteiger partial charge on any atom is -0.497 e. The van der Waals surface area contributed by atoms with Gasteiger partial charge in [0.25, 0.3) is 0 Å². The summed E-state index contributed by atoms with van der Waals surface area (Å²) in [6.07, 6.45) is 2.37. The van der Waals surface area contributed by atoms with E-state index in [0.29, 0.717) is 36.0 Å². The number of methoxy groups -OCH3 is 5. The Morgan fingerprint density at radius 3 is 2.29 bits per heavy atom. The Morgan fingerprint density at radius 2 is 1.57 bits per heavy atom. The van der Waals surface area contributed by atoms with Crippen molar-refractivity contribution in [3.8, 4) is 28.7 Å². The number of hydrogen-bond donors (Lipinski definition) is 2. The molecular formula is C38H41N5O6. The van der Waals surface area contributed by atoms with E-state index in [2.05, 4.69) is 45.6 Å². The van der Waals surface area contributed by atoms with Crippen LogP contribution in [0.1, 0.15) is 28.2 Å². The van der Waals surface area contributed by atoms with Gasteiger partial charge in [0.05, 0.1) is 47.6 Å². The maximum absolute atomic E-state index is 13.0. The number of carbonyl (C=O) groups excluding carboxylic acids is 1. The Kier molecular flexibility index (Phi) is 9.89. The maximum atomic E-state index is 13.0. The van der Waals surface area contributed by atoms with Gasteiger partial charge in [-0.15, -0.1) is 0 Å². The molecule has 0 saturated heterocycles. The summed E-state index contributed by atoms with van der Waals surface area (Å²) in [6.45, 7) is 3.53. The number of nitrogens with zero attached hydrogens (tertiary/aromatic N) is 3. The molecule has 2 heterocycles. The molecule has 1 aliphatic heterocycles. The van der Waals surface area contributed by atoms with E-state index in [4.69, 9.17) is 28.7 Å². The number of anilines is 3. The first-order valence-electron chi connectivity index (χ1n) is 16.0. The van der Waals surface area contributed by atoms with Gasteiger partial charge >= 0.3 is 0 Å². The Bertz CT molecular complexity index is 1970. The summed E-state index contributed by atoms with van der Waals surface area (Å²) in [5.74, 6) is 4.05. The van der Waals surface area contributed by atoms with Crippen LogP contribution >= 0.6 is 0 Å². The standard InChI is InChI=1S/C38H41N5O6/c1-23-28-15-16-43(21-31(24-7-11-27(45-2)12-8-24)29(28)19-35(48-5)37(23)49-6)38-30-17-26(9-13-32(30)40-22-41-38)42-36(44)20-39-25-10-14-33(46-3)34(18-25)47-4/h7-14,17-19,22,31,39H,15-16,20-21H2,1-6H3,(H,42,44). The fourth-order valence-corrected chi connectivity index (χ4v) is 6.56. The van der Waals surface area contributed by atoms with E-state index in [1.54, 1.807) is 54.0 Å². The van der Waals surface area contributed by atoms with Crippen molar-refractivity contribution >= 4 is 34.0 Å². The average molecular weight is 664 g/mol. The molecule has 1 atom stereocenters. The molecule has 2 N–H and O–H groups in total. The van der Waals surface area contributed by atoms with Gasteiger partial charge in [-0.1, -0.05) is 12.1 Å². The summed E-state index contributed by atoms with van der Waals surface area (Å²) in [5, 5.41) is 7.01. The van der Waals surface area contributed by atoms with E-state index >= 15 is 0 Å². The molecule has 11 nitrogen and oxygen atoms in total. The first-order valence-corrected chi connectivity index (χ1v) is 16.0. The highest BCUT2D eigenvalue weighted by atomic mass is 16.5. The fraction of sp³-hybridized carbons (Fsp3) is 0.289. The molecule has 1 aliphatic rings. The zero-order valence-electron chi connectivity index (χ0n) is 28.6. The normalized spacial score (nSPS) is 14.0. The maximum Gasteiger partial charge on any atom is 0.243 e. The first kappa shape index (κ1) is 33.2. The van der Waals surface area contributed by atoms with Crippen molar-refractivity contribution < 1.29 is 28.5 Å². The summed E-state index contributed by atoms with van der Waals surface area (Å²) >= 11 is 0. The summed E-state index contributed by atoms with van der Waals surface area (Å²) in [6, 6.07) is 21.4. The molecule has 0 bridgehead atoms. The topological polar surface area (TPSA) is 116 Å². The zero-order valence-corrected chi connectivity index (χ0v) is 28.6. The van der Waals surface area contributed by atoms with Gasteiger partial charge in [-0.3, -0.25) is 4.79 Å². The molecule has 1 amide bonds. The third kappa shape index (κ3) is 6.83. The van der Waals surface area contributed by atoms with Gasteiger partial charge in [0, 0.05) is 41.8 Å². The lowest BCUT2D eigenvalue weighted by molar-refractivity contribution is -0.114. The molecule has 1 aromatic heterocycles. The molecule has 5 aromatic rings. The number of amides is 1. The molecule has 0 radical (unpaired) electrons. The van der Waals surface area contributed by atoms with E-state index in [1.165, 1.54) is 11.1 Å². The van der Waals surface area contributed by atoms with Gasteiger partial charge in [0.1, 0.15) is 17.9 Å². The highest BCUT2D eigenvalue weighted by Crippen LogP contribution is 2.43. The van der Waals surface area contributed by atoms with Crippen LogP contribution in [0.4, 0.5) is 17.2 Å². The van der Waals surface area contributed by atoms with Crippen LogP contribution < -0.4 is 39.2 Å². The lowest BCUT2D eigenvalue weighted by Gasteiger charge is -2.28. The second-order valence-electron chi connectivity index (χ2n) is 11.7. The van der Waals surface area contributed by atoms with Gasteiger partial charge in [0.15, 0.2) is 23.0 Å². The number of rotatable bonds is 11. The SMILES string of the molecule is COc1ccc(C2CN(c3ncnc4ccc(NC(=O)CNc5ccc(OC)c(OC)c5)cc34)CCc3c2cc(OC)c(OC)c3C)cc1.